The van der Waals surface area contributed by atoms with Crippen LogP contribution < -0.4 is 15.4 Å². The smallest absolute Gasteiger partial charge is 0.267 e. The zero-order valence-corrected chi connectivity index (χ0v) is 12.5. The van der Waals surface area contributed by atoms with Crippen molar-refractivity contribution in [3.63, 3.8) is 0 Å². The van der Waals surface area contributed by atoms with Crippen molar-refractivity contribution in [2.24, 2.45) is 0 Å². The lowest BCUT2D eigenvalue weighted by Gasteiger charge is -2.36. The van der Waals surface area contributed by atoms with Gasteiger partial charge in [-0.25, -0.2) is 0 Å². The molecule has 0 radical (unpaired) electrons. The van der Waals surface area contributed by atoms with Gasteiger partial charge in [0.15, 0.2) is 6.10 Å². The van der Waals surface area contributed by atoms with Gasteiger partial charge in [-0.2, -0.15) is 0 Å². The van der Waals surface area contributed by atoms with Crippen LogP contribution in [0.1, 0.15) is 26.2 Å². The molecule has 0 saturated carbocycles. The molecule has 0 aromatic heterocycles. The lowest BCUT2D eigenvalue weighted by molar-refractivity contribution is -0.125. The minimum atomic E-state index is -0.444. The number of para-hydroxylation sites is 1. The first kappa shape index (κ1) is 14.2. The number of benzene rings is 1. The summed E-state index contributed by atoms with van der Waals surface area (Å²) in [6.45, 7) is 5.62. The maximum atomic E-state index is 12.4. The topological polar surface area (TPSA) is 58.8 Å². The predicted octanol–water partition coefficient (Wildman–Crippen LogP) is 1.87. The number of rotatable bonds is 3. The number of anilines is 2. The molecule has 2 heterocycles. The number of nitrogens with two attached hydrogens (primary N) is 1. The normalized spacial score (nSPS) is 22.8. The second kappa shape index (κ2) is 5.93. The molecular formula is C16H23N3O2. The Morgan fingerprint density at radius 3 is 2.76 bits per heavy atom. The van der Waals surface area contributed by atoms with Gasteiger partial charge in [-0.1, -0.05) is 12.5 Å². The maximum Gasteiger partial charge on any atom is 0.267 e. The van der Waals surface area contributed by atoms with Crippen molar-refractivity contribution >= 4 is 17.3 Å². The van der Waals surface area contributed by atoms with E-state index in [-0.39, 0.29) is 5.91 Å². The van der Waals surface area contributed by atoms with E-state index in [9.17, 15) is 4.79 Å². The lowest BCUT2D eigenvalue weighted by Crippen LogP contribution is -2.48. The van der Waals surface area contributed by atoms with Gasteiger partial charge in [0.2, 0.25) is 0 Å². The first-order chi connectivity index (χ1) is 10.2. The Morgan fingerprint density at radius 2 is 2.00 bits per heavy atom. The fourth-order valence-corrected chi connectivity index (χ4v) is 3.14. The van der Waals surface area contributed by atoms with Crippen LogP contribution in [0.25, 0.3) is 0 Å². The van der Waals surface area contributed by atoms with Crippen LogP contribution in [0.4, 0.5) is 11.4 Å². The third kappa shape index (κ3) is 2.83. The van der Waals surface area contributed by atoms with Gasteiger partial charge in [0.25, 0.3) is 5.91 Å². The van der Waals surface area contributed by atoms with E-state index in [0.29, 0.717) is 18.0 Å². The van der Waals surface area contributed by atoms with Crippen molar-refractivity contribution in [3.05, 3.63) is 18.2 Å². The molecular weight excluding hydrogens is 266 g/mol. The second-order valence-corrected chi connectivity index (χ2v) is 5.85. The monoisotopic (exact) mass is 289 g/mol. The summed E-state index contributed by atoms with van der Waals surface area (Å²) >= 11 is 0. The van der Waals surface area contributed by atoms with Gasteiger partial charge in [0, 0.05) is 13.1 Å². The van der Waals surface area contributed by atoms with Crippen LogP contribution in [0.2, 0.25) is 0 Å². The van der Waals surface area contributed by atoms with E-state index in [2.05, 4.69) is 4.90 Å². The molecule has 1 amide bonds. The van der Waals surface area contributed by atoms with Crippen molar-refractivity contribution in [2.45, 2.75) is 32.3 Å². The molecule has 1 unspecified atom stereocenters. The predicted molar refractivity (Wildman–Crippen MR) is 83.6 cm³/mol. The molecule has 3 rings (SSSR count). The Bertz CT molecular complexity index is 526. The number of carbonyl (C=O) groups excluding carboxylic acids is 1. The van der Waals surface area contributed by atoms with Crippen molar-refractivity contribution in [1.29, 1.82) is 0 Å². The van der Waals surface area contributed by atoms with Crippen LogP contribution >= 0.6 is 0 Å². The molecule has 0 aliphatic carbocycles. The Kier molecular flexibility index (Phi) is 4.01. The largest absolute Gasteiger partial charge is 0.479 e. The van der Waals surface area contributed by atoms with Gasteiger partial charge >= 0.3 is 0 Å². The van der Waals surface area contributed by atoms with Crippen LogP contribution in [-0.2, 0) is 4.79 Å². The van der Waals surface area contributed by atoms with E-state index in [1.54, 1.807) is 11.8 Å². The molecule has 1 aromatic carbocycles. The summed E-state index contributed by atoms with van der Waals surface area (Å²) in [6, 6.07) is 5.56. The number of amides is 1. The molecule has 1 atom stereocenters. The Hall–Kier alpha value is -1.75. The van der Waals surface area contributed by atoms with Gasteiger partial charge < -0.3 is 20.3 Å². The van der Waals surface area contributed by atoms with Crippen LogP contribution in [-0.4, -0.2) is 43.1 Å². The summed E-state index contributed by atoms with van der Waals surface area (Å²) in [7, 11) is 0. The van der Waals surface area contributed by atoms with Crippen molar-refractivity contribution in [1.82, 2.24) is 4.90 Å². The maximum absolute atomic E-state index is 12.4. The van der Waals surface area contributed by atoms with Gasteiger partial charge in [0.05, 0.1) is 5.69 Å². The number of carbonyl (C=O) groups is 1. The van der Waals surface area contributed by atoms with E-state index in [1.165, 1.54) is 19.3 Å². The summed E-state index contributed by atoms with van der Waals surface area (Å²) in [5.41, 5.74) is 7.40. The first-order valence-corrected chi connectivity index (χ1v) is 7.75. The Balaban J connectivity index is 1.78. The fourth-order valence-electron chi connectivity index (χ4n) is 3.14. The molecule has 2 aliphatic rings. The van der Waals surface area contributed by atoms with Crippen LogP contribution in [0, 0.1) is 0 Å². The molecule has 5 nitrogen and oxygen atoms in total. The first-order valence-electron chi connectivity index (χ1n) is 7.75. The van der Waals surface area contributed by atoms with E-state index < -0.39 is 6.10 Å². The average molecular weight is 289 g/mol. The number of nitrogen functional groups attached to an aromatic ring is 1. The molecule has 1 aromatic rings. The second-order valence-electron chi connectivity index (χ2n) is 5.85. The summed E-state index contributed by atoms with van der Waals surface area (Å²) < 4.78 is 5.66. The molecule has 2 aliphatic heterocycles. The van der Waals surface area contributed by atoms with Gasteiger partial charge in [-0.05, 0) is 45.0 Å². The molecule has 2 N–H and O–H groups in total. The van der Waals surface area contributed by atoms with Gasteiger partial charge in [-0.15, -0.1) is 0 Å². The highest BCUT2D eigenvalue weighted by atomic mass is 16.5. The van der Waals surface area contributed by atoms with Crippen molar-refractivity contribution in [2.75, 3.05) is 36.8 Å². The van der Waals surface area contributed by atoms with E-state index in [1.807, 2.05) is 18.2 Å². The summed E-state index contributed by atoms with van der Waals surface area (Å²) in [5.74, 6) is 0.707. The van der Waals surface area contributed by atoms with Crippen LogP contribution in [0.15, 0.2) is 18.2 Å². The standard InChI is InChI=1S/C16H23N3O2/c1-12-16(20)19(11-10-18-8-3-2-4-9-18)15-13(17)6-5-7-14(15)21-12/h5-7,12H,2-4,8-11,17H2,1H3. The molecule has 114 valence electrons. The fraction of sp³-hybridized carbons (Fsp3) is 0.562. The zero-order valence-electron chi connectivity index (χ0n) is 12.5. The molecule has 21 heavy (non-hydrogen) atoms. The van der Waals surface area contributed by atoms with Gasteiger partial charge in [0.1, 0.15) is 11.4 Å². The number of ether oxygens (including phenoxy) is 1. The molecule has 5 heteroatoms. The molecule has 0 spiro atoms. The average Bonchev–Trinajstić information content (AvgIpc) is 2.49. The summed E-state index contributed by atoms with van der Waals surface area (Å²) in [6.07, 6.45) is 3.39. The van der Waals surface area contributed by atoms with E-state index in [0.717, 1.165) is 25.3 Å². The van der Waals surface area contributed by atoms with E-state index in [4.69, 9.17) is 10.5 Å². The summed E-state index contributed by atoms with van der Waals surface area (Å²) in [4.78, 5) is 16.7. The lowest BCUT2D eigenvalue weighted by atomic mass is 10.1. The third-order valence-corrected chi connectivity index (χ3v) is 4.31. The summed E-state index contributed by atoms with van der Waals surface area (Å²) in [5, 5.41) is 0. The number of nitrogens with zero attached hydrogens (tertiary/aromatic N) is 2. The van der Waals surface area contributed by atoms with Crippen molar-refractivity contribution < 1.29 is 9.53 Å². The Labute approximate surface area is 125 Å². The van der Waals surface area contributed by atoms with Crippen LogP contribution in [0.5, 0.6) is 5.75 Å². The highest BCUT2D eigenvalue weighted by Gasteiger charge is 2.32. The minimum absolute atomic E-state index is 0.00240. The van der Waals surface area contributed by atoms with E-state index >= 15 is 0 Å². The van der Waals surface area contributed by atoms with Crippen molar-refractivity contribution in [3.8, 4) is 5.75 Å². The molecule has 0 bridgehead atoms. The molecule has 1 fully saturated rings. The number of hydrogen-bond acceptors (Lipinski definition) is 4. The number of hydrogen-bond donors (Lipinski definition) is 1. The third-order valence-electron chi connectivity index (χ3n) is 4.31. The quantitative estimate of drug-likeness (QED) is 0.863. The zero-order chi connectivity index (χ0) is 14.8. The minimum Gasteiger partial charge on any atom is -0.479 e. The number of piperidine rings is 1. The Morgan fingerprint density at radius 1 is 1.24 bits per heavy atom. The SMILES string of the molecule is CC1Oc2cccc(N)c2N(CCN2CCCCC2)C1=O. The number of likely N-dealkylation sites (tertiary alicyclic amines) is 1. The highest BCUT2D eigenvalue weighted by molar-refractivity contribution is 6.02. The number of fused-ring (bicyclic) bond motifs is 1. The van der Waals surface area contributed by atoms with Crippen LogP contribution in [0.3, 0.4) is 0 Å². The molecule has 1 saturated heterocycles. The van der Waals surface area contributed by atoms with Gasteiger partial charge in [-0.3, -0.25) is 4.79 Å². The highest BCUT2D eigenvalue weighted by Crippen LogP contribution is 2.38.